The molecule has 2 N–H and O–H groups in total. The summed E-state index contributed by atoms with van der Waals surface area (Å²) < 4.78 is 5.40. The second-order valence-corrected chi connectivity index (χ2v) is 6.48. The van der Waals surface area contributed by atoms with Crippen LogP contribution in [-0.2, 0) is 16.0 Å². The maximum Gasteiger partial charge on any atom is 0.220 e. The summed E-state index contributed by atoms with van der Waals surface area (Å²) >= 11 is 0. The molecular formula is C21H26N2O3. The highest BCUT2D eigenvalue weighted by Crippen LogP contribution is 2.22. The van der Waals surface area contributed by atoms with E-state index in [9.17, 15) is 9.90 Å². The molecular weight excluding hydrogens is 328 g/mol. The lowest BCUT2D eigenvalue weighted by Crippen LogP contribution is -2.36. The molecule has 1 aliphatic rings. The normalized spacial score (nSPS) is 15.5. The van der Waals surface area contributed by atoms with Crippen LogP contribution in [0.1, 0.15) is 23.6 Å². The van der Waals surface area contributed by atoms with Gasteiger partial charge >= 0.3 is 0 Å². The minimum atomic E-state index is -0.390. The van der Waals surface area contributed by atoms with Crippen LogP contribution in [0.2, 0.25) is 0 Å². The van der Waals surface area contributed by atoms with Gasteiger partial charge in [-0.2, -0.15) is 0 Å². The molecule has 0 radical (unpaired) electrons. The van der Waals surface area contributed by atoms with Crippen LogP contribution in [0, 0.1) is 0 Å². The Morgan fingerprint density at radius 1 is 1.12 bits per heavy atom. The quantitative estimate of drug-likeness (QED) is 0.801. The number of anilines is 1. The van der Waals surface area contributed by atoms with Gasteiger partial charge in [0.2, 0.25) is 5.91 Å². The predicted molar refractivity (Wildman–Crippen MR) is 102 cm³/mol. The van der Waals surface area contributed by atoms with Gasteiger partial charge in [0.25, 0.3) is 0 Å². The Bertz CT molecular complexity index is 699. The smallest absolute Gasteiger partial charge is 0.220 e. The average Bonchev–Trinajstić information content (AvgIpc) is 2.72. The second kappa shape index (κ2) is 9.36. The van der Waals surface area contributed by atoms with Crippen molar-refractivity contribution in [1.29, 1.82) is 0 Å². The molecule has 1 heterocycles. The Kier molecular flexibility index (Phi) is 6.63. The highest BCUT2D eigenvalue weighted by Gasteiger charge is 2.16. The summed E-state index contributed by atoms with van der Waals surface area (Å²) in [6.07, 6.45) is 1.10. The molecule has 5 nitrogen and oxygen atoms in total. The van der Waals surface area contributed by atoms with Crippen LogP contribution in [0.4, 0.5) is 5.69 Å². The van der Waals surface area contributed by atoms with Gasteiger partial charge in [-0.25, -0.2) is 0 Å². The number of morpholine rings is 1. The summed E-state index contributed by atoms with van der Waals surface area (Å²) in [5.41, 5.74) is 3.16. The molecule has 0 unspecified atom stereocenters. The first-order valence-electron chi connectivity index (χ1n) is 9.13. The molecule has 1 saturated heterocycles. The molecule has 0 spiro atoms. The second-order valence-electron chi connectivity index (χ2n) is 6.48. The Morgan fingerprint density at radius 3 is 2.62 bits per heavy atom. The first-order chi connectivity index (χ1) is 12.8. The molecule has 1 atom stereocenters. The van der Waals surface area contributed by atoms with Crippen molar-refractivity contribution in [3.05, 3.63) is 65.7 Å². The first-order valence-corrected chi connectivity index (χ1v) is 9.13. The van der Waals surface area contributed by atoms with Crippen molar-refractivity contribution in [3.8, 4) is 0 Å². The minimum absolute atomic E-state index is 0.0512. The highest BCUT2D eigenvalue weighted by molar-refractivity contribution is 5.76. The monoisotopic (exact) mass is 354 g/mol. The Balaban J connectivity index is 1.60. The number of nitrogens with zero attached hydrogens (tertiary/aromatic N) is 1. The molecule has 26 heavy (non-hydrogen) atoms. The predicted octanol–water partition coefficient (Wildman–Crippen LogP) is 2.31. The van der Waals surface area contributed by atoms with E-state index in [1.807, 2.05) is 48.5 Å². The van der Waals surface area contributed by atoms with E-state index in [1.165, 1.54) is 0 Å². The summed E-state index contributed by atoms with van der Waals surface area (Å²) in [5.74, 6) is -0.0512. The lowest BCUT2D eigenvalue weighted by Gasteiger charge is -2.29. The number of hydrogen-bond donors (Lipinski definition) is 2. The molecule has 5 heteroatoms. The van der Waals surface area contributed by atoms with Crippen LogP contribution in [0.15, 0.2) is 54.6 Å². The first kappa shape index (κ1) is 18.4. The molecule has 138 valence electrons. The minimum Gasteiger partial charge on any atom is -0.394 e. The van der Waals surface area contributed by atoms with Gasteiger partial charge in [-0.1, -0.05) is 42.5 Å². The standard InChI is InChI=1S/C21H26N2O3/c24-16-20(22-21(25)10-9-17-5-2-1-3-6-17)18-7-4-8-19(15-18)23-11-13-26-14-12-23/h1-8,15,20,24H,9-14,16H2,(H,22,25)/t20-/m0/s1. The van der Waals surface area contributed by atoms with Crippen LogP contribution in [0.5, 0.6) is 0 Å². The fourth-order valence-corrected chi connectivity index (χ4v) is 3.16. The fourth-order valence-electron chi connectivity index (χ4n) is 3.16. The molecule has 0 aliphatic carbocycles. The highest BCUT2D eigenvalue weighted by atomic mass is 16.5. The lowest BCUT2D eigenvalue weighted by molar-refractivity contribution is -0.122. The number of carbonyl (C=O) groups excluding carboxylic acids is 1. The van der Waals surface area contributed by atoms with Gasteiger partial charge in [-0.05, 0) is 29.7 Å². The van der Waals surface area contributed by atoms with Crippen molar-refractivity contribution in [2.45, 2.75) is 18.9 Å². The van der Waals surface area contributed by atoms with Gasteiger partial charge < -0.3 is 20.1 Å². The zero-order valence-electron chi connectivity index (χ0n) is 14.9. The number of hydrogen-bond acceptors (Lipinski definition) is 4. The van der Waals surface area contributed by atoms with Crippen molar-refractivity contribution < 1.29 is 14.6 Å². The molecule has 1 fully saturated rings. The van der Waals surface area contributed by atoms with E-state index in [0.29, 0.717) is 12.8 Å². The molecule has 1 aliphatic heterocycles. The van der Waals surface area contributed by atoms with E-state index in [2.05, 4.69) is 16.3 Å². The number of aryl methyl sites for hydroxylation is 1. The Labute approximate surface area is 154 Å². The zero-order chi connectivity index (χ0) is 18.2. The van der Waals surface area contributed by atoms with E-state index in [1.54, 1.807) is 0 Å². The summed E-state index contributed by atoms with van der Waals surface area (Å²) in [4.78, 5) is 14.6. The third-order valence-corrected chi connectivity index (χ3v) is 4.65. The Morgan fingerprint density at radius 2 is 1.88 bits per heavy atom. The Hall–Kier alpha value is -2.37. The van der Waals surface area contributed by atoms with Gasteiger partial charge in [-0.15, -0.1) is 0 Å². The molecule has 1 amide bonds. The molecule has 3 rings (SSSR count). The number of aliphatic hydroxyl groups is 1. The van der Waals surface area contributed by atoms with Crippen molar-refractivity contribution >= 4 is 11.6 Å². The van der Waals surface area contributed by atoms with Crippen molar-refractivity contribution in [2.75, 3.05) is 37.8 Å². The summed E-state index contributed by atoms with van der Waals surface area (Å²) in [7, 11) is 0. The van der Waals surface area contributed by atoms with E-state index in [4.69, 9.17) is 4.74 Å². The SMILES string of the molecule is O=C(CCc1ccccc1)N[C@@H](CO)c1cccc(N2CCOCC2)c1. The number of rotatable bonds is 7. The zero-order valence-corrected chi connectivity index (χ0v) is 14.9. The van der Waals surface area contributed by atoms with E-state index in [-0.39, 0.29) is 18.6 Å². The molecule has 2 aromatic rings. The maximum atomic E-state index is 12.3. The van der Waals surface area contributed by atoms with E-state index >= 15 is 0 Å². The number of benzene rings is 2. The molecule has 0 saturated carbocycles. The summed E-state index contributed by atoms with van der Waals surface area (Å²) in [6.45, 7) is 3.05. The maximum absolute atomic E-state index is 12.3. The molecule has 0 aromatic heterocycles. The van der Waals surface area contributed by atoms with Crippen LogP contribution in [0.3, 0.4) is 0 Å². The number of amides is 1. The van der Waals surface area contributed by atoms with Crippen molar-refractivity contribution in [3.63, 3.8) is 0 Å². The fraction of sp³-hybridized carbons (Fsp3) is 0.381. The van der Waals surface area contributed by atoms with Gasteiger partial charge in [0.05, 0.1) is 25.9 Å². The van der Waals surface area contributed by atoms with E-state index < -0.39 is 0 Å². The van der Waals surface area contributed by atoms with Crippen LogP contribution in [-0.4, -0.2) is 43.9 Å². The third-order valence-electron chi connectivity index (χ3n) is 4.65. The van der Waals surface area contributed by atoms with Gasteiger partial charge in [-0.3, -0.25) is 4.79 Å². The number of ether oxygens (including phenoxy) is 1. The van der Waals surface area contributed by atoms with Gasteiger partial charge in [0.1, 0.15) is 0 Å². The average molecular weight is 354 g/mol. The number of nitrogens with one attached hydrogen (secondary N) is 1. The van der Waals surface area contributed by atoms with Crippen molar-refractivity contribution in [2.24, 2.45) is 0 Å². The van der Waals surface area contributed by atoms with Crippen LogP contribution >= 0.6 is 0 Å². The van der Waals surface area contributed by atoms with Crippen LogP contribution in [0.25, 0.3) is 0 Å². The molecule has 0 bridgehead atoms. The number of carbonyl (C=O) groups is 1. The summed E-state index contributed by atoms with van der Waals surface area (Å²) in [5, 5.41) is 12.7. The van der Waals surface area contributed by atoms with Gasteiger partial charge in [0, 0.05) is 25.2 Å². The summed E-state index contributed by atoms with van der Waals surface area (Å²) in [6, 6.07) is 17.6. The van der Waals surface area contributed by atoms with Gasteiger partial charge in [0.15, 0.2) is 0 Å². The number of aliphatic hydroxyl groups excluding tert-OH is 1. The lowest BCUT2D eigenvalue weighted by atomic mass is 10.0. The van der Waals surface area contributed by atoms with E-state index in [0.717, 1.165) is 43.1 Å². The topological polar surface area (TPSA) is 61.8 Å². The third kappa shape index (κ3) is 5.07. The van der Waals surface area contributed by atoms with Crippen molar-refractivity contribution in [1.82, 2.24) is 5.32 Å². The van der Waals surface area contributed by atoms with Crippen LogP contribution < -0.4 is 10.2 Å². The molecule has 2 aromatic carbocycles. The largest absolute Gasteiger partial charge is 0.394 e.